The van der Waals surface area contributed by atoms with E-state index in [2.05, 4.69) is 30.7 Å². The minimum Gasteiger partial charge on any atom is -0.379 e. The summed E-state index contributed by atoms with van der Waals surface area (Å²) in [5.41, 5.74) is 0.183. The van der Waals surface area contributed by atoms with Gasteiger partial charge in [0, 0.05) is 31.6 Å². The highest BCUT2D eigenvalue weighted by molar-refractivity contribution is 4.85. The molecule has 2 saturated heterocycles. The van der Waals surface area contributed by atoms with E-state index in [9.17, 15) is 0 Å². The third-order valence-corrected chi connectivity index (χ3v) is 3.47. The number of ether oxygens (including phenoxy) is 2. The summed E-state index contributed by atoms with van der Waals surface area (Å²) >= 11 is 0. The molecular weight excluding hydrogens is 204 g/mol. The molecule has 0 aromatic rings. The van der Waals surface area contributed by atoms with Gasteiger partial charge in [0.25, 0.3) is 0 Å². The molecule has 1 atom stereocenters. The summed E-state index contributed by atoms with van der Waals surface area (Å²) in [5, 5.41) is 0. The molecule has 4 heteroatoms. The zero-order valence-electron chi connectivity index (χ0n) is 10.7. The summed E-state index contributed by atoms with van der Waals surface area (Å²) in [6.45, 7) is 11.2. The Morgan fingerprint density at radius 3 is 2.44 bits per heavy atom. The quantitative estimate of drug-likeness (QED) is 0.657. The Morgan fingerprint density at radius 2 is 1.75 bits per heavy atom. The second kappa shape index (κ2) is 5.00. The van der Waals surface area contributed by atoms with E-state index in [1.807, 2.05) is 0 Å². The number of rotatable bonds is 1. The molecule has 0 bridgehead atoms. The van der Waals surface area contributed by atoms with Gasteiger partial charge in [-0.1, -0.05) is 13.8 Å². The summed E-state index contributed by atoms with van der Waals surface area (Å²) in [4.78, 5) is 4.79. The SMILES string of the molecule is CN1CCOC(N2CCOCC2)C(C)(C)C1. The number of morpholine rings is 1. The van der Waals surface area contributed by atoms with Gasteiger partial charge in [-0.15, -0.1) is 0 Å². The van der Waals surface area contributed by atoms with Crippen molar-refractivity contribution < 1.29 is 9.47 Å². The molecule has 0 aromatic heterocycles. The lowest BCUT2D eigenvalue weighted by atomic mass is 9.89. The molecule has 0 aromatic carbocycles. The normalized spacial score (nSPS) is 33.6. The molecule has 0 saturated carbocycles. The second-order valence-electron chi connectivity index (χ2n) is 5.60. The van der Waals surface area contributed by atoms with E-state index < -0.39 is 0 Å². The maximum Gasteiger partial charge on any atom is 0.117 e. The minimum absolute atomic E-state index is 0.183. The standard InChI is InChI=1S/C12H24N2O2/c1-12(2)10-13(3)4-9-16-11(12)14-5-7-15-8-6-14/h11H,4-10H2,1-3H3. The molecule has 2 fully saturated rings. The summed E-state index contributed by atoms with van der Waals surface area (Å²) in [6.07, 6.45) is 0.237. The Labute approximate surface area is 98.5 Å². The third-order valence-electron chi connectivity index (χ3n) is 3.47. The Kier molecular flexibility index (Phi) is 3.85. The van der Waals surface area contributed by atoms with Gasteiger partial charge >= 0.3 is 0 Å². The zero-order valence-corrected chi connectivity index (χ0v) is 10.7. The summed E-state index contributed by atoms with van der Waals surface area (Å²) in [5.74, 6) is 0. The van der Waals surface area contributed by atoms with Gasteiger partial charge in [0.2, 0.25) is 0 Å². The van der Waals surface area contributed by atoms with E-state index >= 15 is 0 Å². The molecule has 0 aliphatic carbocycles. The predicted octanol–water partition coefficient (Wildman–Crippen LogP) is 0.633. The lowest BCUT2D eigenvalue weighted by Crippen LogP contribution is -2.52. The molecule has 2 aliphatic rings. The van der Waals surface area contributed by atoms with E-state index in [-0.39, 0.29) is 11.6 Å². The zero-order chi connectivity index (χ0) is 11.6. The van der Waals surface area contributed by atoms with Gasteiger partial charge in [-0.05, 0) is 7.05 Å². The number of hydrogen-bond acceptors (Lipinski definition) is 4. The van der Waals surface area contributed by atoms with Gasteiger partial charge in [0.15, 0.2) is 0 Å². The van der Waals surface area contributed by atoms with Gasteiger partial charge < -0.3 is 14.4 Å². The molecule has 1 unspecified atom stereocenters. The first-order valence-corrected chi connectivity index (χ1v) is 6.21. The van der Waals surface area contributed by atoms with Crippen LogP contribution < -0.4 is 0 Å². The molecule has 0 amide bonds. The smallest absolute Gasteiger partial charge is 0.117 e. The van der Waals surface area contributed by atoms with E-state index in [0.717, 1.165) is 46.0 Å². The summed E-state index contributed by atoms with van der Waals surface area (Å²) < 4.78 is 11.5. The van der Waals surface area contributed by atoms with Crippen molar-refractivity contribution in [2.45, 2.75) is 20.1 Å². The molecule has 94 valence electrons. The molecule has 4 nitrogen and oxygen atoms in total. The van der Waals surface area contributed by atoms with Gasteiger partial charge in [-0.3, -0.25) is 4.90 Å². The van der Waals surface area contributed by atoms with Crippen LogP contribution in [-0.2, 0) is 9.47 Å². The first-order valence-electron chi connectivity index (χ1n) is 6.21. The van der Waals surface area contributed by atoms with Crippen LogP contribution in [0.1, 0.15) is 13.8 Å². The van der Waals surface area contributed by atoms with Crippen molar-refractivity contribution in [3.05, 3.63) is 0 Å². The fourth-order valence-electron chi connectivity index (χ4n) is 2.81. The van der Waals surface area contributed by atoms with Crippen LogP contribution in [0.2, 0.25) is 0 Å². The molecule has 0 spiro atoms. The van der Waals surface area contributed by atoms with Gasteiger partial charge in [0.05, 0.1) is 19.8 Å². The molecule has 2 rings (SSSR count). The Morgan fingerprint density at radius 1 is 1.06 bits per heavy atom. The second-order valence-corrected chi connectivity index (χ2v) is 5.60. The lowest BCUT2D eigenvalue weighted by molar-refractivity contribution is -0.137. The fraction of sp³-hybridized carbons (Fsp3) is 1.00. The van der Waals surface area contributed by atoms with Crippen LogP contribution in [0.5, 0.6) is 0 Å². The molecule has 16 heavy (non-hydrogen) atoms. The van der Waals surface area contributed by atoms with Gasteiger partial charge in [-0.2, -0.15) is 0 Å². The largest absolute Gasteiger partial charge is 0.379 e. The summed E-state index contributed by atoms with van der Waals surface area (Å²) in [6, 6.07) is 0. The first kappa shape index (κ1) is 12.3. The van der Waals surface area contributed by atoms with E-state index in [1.54, 1.807) is 0 Å². The van der Waals surface area contributed by atoms with E-state index in [1.165, 1.54) is 0 Å². The van der Waals surface area contributed by atoms with Gasteiger partial charge in [-0.25, -0.2) is 0 Å². The van der Waals surface area contributed by atoms with Crippen LogP contribution in [0.4, 0.5) is 0 Å². The number of nitrogens with zero attached hydrogens (tertiary/aromatic N) is 2. The van der Waals surface area contributed by atoms with Crippen LogP contribution in [0.3, 0.4) is 0 Å². The molecular formula is C12H24N2O2. The highest BCUT2D eigenvalue weighted by Crippen LogP contribution is 2.29. The lowest BCUT2D eigenvalue weighted by Gasteiger charge is -2.42. The van der Waals surface area contributed by atoms with Crippen molar-refractivity contribution in [2.75, 3.05) is 53.0 Å². The van der Waals surface area contributed by atoms with Crippen molar-refractivity contribution in [3.8, 4) is 0 Å². The Balaban J connectivity index is 2.04. The van der Waals surface area contributed by atoms with Crippen molar-refractivity contribution in [3.63, 3.8) is 0 Å². The molecule has 2 heterocycles. The predicted molar refractivity (Wildman–Crippen MR) is 63.4 cm³/mol. The third kappa shape index (κ3) is 2.74. The van der Waals surface area contributed by atoms with Crippen molar-refractivity contribution in [1.29, 1.82) is 0 Å². The van der Waals surface area contributed by atoms with E-state index in [4.69, 9.17) is 9.47 Å². The minimum atomic E-state index is 0.183. The molecule has 0 radical (unpaired) electrons. The van der Waals surface area contributed by atoms with Crippen LogP contribution in [0, 0.1) is 5.41 Å². The van der Waals surface area contributed by atoms with Crippen LogP contribution >= 0.6 is 0 Å². The van der Waals surface area contributed by atoms with Crippen molar-refractivity contribution in [2.24, 2.45) is 5.41 Å². The highest BCUT2D eigenvalue weighted by Gasteiger charge is 2.38. The van der Waals surface area contributed by atoms with Crippen LogP contribution in [0.15, 0.2) is 0 Å². The van der Waals surface area contributed by atoms with Crippen LogP contribution in [-0.4, -0.2) is 69.1 Å². The number of likely N-dealkylation sites (N-methyl/N-ethyl adjacent to an activating group) is 1. The summed E-state index contributed by atoms with van der Waals surface area (Å²) in [7, 11) is 2.17. The van der Waals surface area contributed by atoms with Crippen molar-refractivity contribution >= 4 is 0 Å². The first-order chi connectivity index (χ1) is 7.59. The van der Waals surface area contributed by atoms with Crippen molar-refractivity contribution in [1.82, 2.24) is 9.80 Å². The monoisotopic (exact) mass is 228 g/mol. The average Bonchev–Trinajstić information content (AvgIpc) is 2.37. The Bertz CT molecular complexity index is 227. The number of hydrogen-bond donors (Lipinski definition) is 0. The Hall–Kier alpha value is -0.160. The van der Waals surface area contributed by atoms with Crippen LogP contribution in [0.25, 0.3) is 0 Å². The van der Waals surface area contributed by atoms with Gasteiger partial charge in [0.1, 0.15) is 6.23 Å². The fourth-order valence-corrected chi connectivity index (χ4v) is 2.81. The maximum atomic E-state index is 6.06. The average molecular weight is 228 g/mol. The van der Waals surface area contributed by atoms with E-state index in [0.29, 0.717) is 0 Å². The molecule has 0 N–H and O–H groups in total. The highest BCUT2D eigenvalue weighted by atomic mass is 16.5. The maximum absolute atomic E-state index is 6.06. The molecule has 2 aliphatic heterocycles. The topological polar surface area (TPSA) is 24.9 Å².